The molecule has 1 amide bonds. The second-order valence-electron chi connectivity index (χ2n) is 4.98. The molecule has 2 rings (SSSR count). The molecule has 1 saturated carbocycles. The molecule has 19 heavy (non-hydrogen) atoms. The molecule has 5 heteroatoms. The number of carbonyl (C=O) groups excluding carboxylic acids is 1. The van der Waals surface area contributed by atoms with Gasteiger partial charge in [0, 0.05) is 10.1 Å². The van der Waals surface area contributed by atoms with Gasteiger partial charge in [0.05, 0.1) is 5.54 Å². The van der Waals surface area contributed by atoms with E-state index in [-0.39, 0.29) is 18.1 Å². The van der Waals surface area contributed by atoms with E-state index >= 15 is 0 Å². The standard InChI is InChI=1S/C14H19IN2O2/c15-11-3-5-12(6-4-11)19-9-13(18)17-14(10-16)7-1-2-8-14/h3-6H,1-2,7-10,16H2,(H,17,18). The first-order valence-corrected chi connectivity index (χ1v) is 7.61. The van der Waals surface area contributed by atoms with Crippen molar-refractivity contribution >= 4 is 28.5 Å². The largest absolute Gasteiger partial charge is 0.484 e. The van der Waals surface area contributed by atoms with Crippen LogP contribution in [0, 0.1) is 3.57 Å². The quantitative estimate of drug-likeness (QED) is 0.776. The summed E-state index contributed by atoms with van der Waals surface area (Å²) in [7, 11) is 0. The molecule has 0 heterocycles. The van der Waals surface area contributed by atoms with Gasteiger partial charge in [0.1, 0.15) is 5.75 Å². The van der Waals surface area contributed by atoms with Crippen LogP contribution in [0.1, 0.15) is 25.7 Å². The number of rotatable bonds is 5. The molecule has 1 aliphatic carbocycles. The lowest BCUT2D eigenvalue weighted by Gasteiger charge is -2.28. The van der Waals surface area contributed by atoms with Crippen molar-refractivity contribution in [3.05, 3.63) is 27.8 Å². The normalized spacial score (nSPS) is 17.2. The van der Waals surface area contributed by atoms with Gasteiger partial charge in [0.15, 0.2) is 6.61 Å². The van der Waals surface area contributed by atoms with Gasteiger partial charge in [0.2, 0.25) is 0 Å². The molecule has 1 aliphatic rings. The summed E-state index contributed by atoms with van der Waals surface area (Å²) in [6, 6.07) is 7.63. The third kappa shape index (κ3) is 4.07. The van der Waals surface area contributed by atoms with Crippen LogP contribution in [0.3, 0.4) is 0 Å². The zero-order valence-corrected chi connectivity index (χ0v) is 13.0. The summed E-state index contributed by atoms with van der Waals surface area (Å²) in [4.78, 5) is 11.9. The molecule has 0 atom stereocenters. The lowest BCUT2D eigenvalue weighted by molar-refractivity contribution is -0.124. The Labute approximate surface area is 127 Å². The van der Waals surface area contributed by atoms with Gasteiger partial charge < -0.3 is 15.8 Å². The van der Waals surface area contributed by atoms with Crippen LogP contribution in [-0.2, 0) is 4.79 Å². The summed E-state index contributed by atoms with van der Waals surface area (Å²) in [5.41, 5.74) is 5.58. The lowest BCUT2D eigenvalue weighted by atomic mass is 9.98. The maximum atomic E-state index is 11.9. The van der Waals surface area contributed by atoms with Crippen LogP contribution in [0.2, 0.25) is 0 Å². The van der Waals surface area contributed by atoms with Crippen LogP contribution in [0.15, 0.2) is 24.3 Å². The minimum Gasteiger partial charge on any atom is -0.484 e. The molecule has 1 aromatic carbocycles. The molecule has 0 unspecified atom stereocenters. The highest BCUT2D eigenvalue weighted by atomic mass is 127. The van der Waals surface area contributed by atoms with Gasteiger partial charge in [-0.3, -0.25) is 4.79 Å². The van der Waals surface area contributed by atoms with E-state index in [0.29, 0.717) is 12.3 Å². The predicted molar refractivity (Wildman–Crippen MR) is 83.1 cm³/mol. The third-order valence-corrected chi connectivity index (χ3v) is 4.26. The Morgan fingerprint density at radius 2 is 1.95 bits per heavy atom. The highest BCUT2D eigenvalue weighted by molar-refractivity contribution is 14.1. The molecule has 0 spiro atoms. The maximum Gasteiger partial charge on any atom is 0.258 e. The molecule has 1 fully saturated rings. The Bertz CT molecular complexity index is 428. The van der Waals surface area contributed by atoms with Gasteiger partial charge >= 0.3 is 0 Å². The molecular weight excluding hydrogens is 355 g/mol. The van der Waals surface area contributed by atoms with Crippen molar-refractivity contribution in [1.82, 2.24) is 5.32 Å². The van der Waals surface area contributed by atoms with Crippen LogP contribution < -0.4 is 15.8 Å². The topological polar surface area (TPSA) is 64.3 Å². The summed E-state index contributed by atoms with van der Waals surface area (Å²) >= 11 is 2.23. The highest BCUT2D eigenvalue weighted by Gasteiger charge is 2.33. The molecule has 0 saturated heterocycles. The fourth-order valence-electron chi connectivity index (χ4n) is 2.44. The number of hydrogen-bond acceptors (Lipinski definition) is 3. The van der Waals surface area contributed by atoms with Gasteiger partial charge in [-0.25, -0.2) is 0 Å². The summed E-state index contributed by atoms with van der Waals surface area (Å²) in [6.45, 7) is 0.546. The Morgan fingerprint density at radius 1 is 1.32 bits per heavy atom. The Morgan fingerprint density at radius 3 is 2.53 bits per heavy atom. The number of nitrogens with one attached hydrogen (secondary N) is 1. The molecule has 4 nitrogen and oxygen atoms in total. The summed E-state index contributed by atoms with van der Waals surface area (Å²) in [5, 5.41) is 3.03. The van der Waals surface area contributed by atoms with E-state index in [2.05, 4.69) is 27.9 Å². The van der Waals surface area contributed by atoms with Crippen LogP contribution >= 0.6 is 22.6 Å². The van der Waals surface area contributed by atoms with Crippen molar-refractivity contribution in [2.45, 2.75) is 31.2 Å². The molecule has 0 bridgehead atoms. The second-order valence-corrected chi connectivity index (χ2v) is 6.23. The minimum absolute atomic E-state index is 0.0440. The van der Waals surface area contributed by atoms with E-state index in [1.807, 2.05) is 24.3 Å². The number of benzene rings is 1. The number of hydrogen-bond donors (Lipinski definition) is 2. The van der Waals surface area contributed by atoms with Gasteiger partial charge in [0.25, 0.3) is 5.91 Å². The number of amides is 1. The van der Waals surface area contributed by atoms with Crippen molar-refractivity contribution in [2.75, 3.05) is 13.2 Å². The summed E-state index contributed by atoms with van der Waals surface area (Å²) < 4.78 is 6.61. The summed E-state index contributed by atoms with van der Waals surface area (Å²) in [6.07, 6.45) is 4.21. The fraction of sp³-hybridized carbons (Fsp3) is 0.500. The average Bonchev–Trinajstić information content (AvgIpc) is 2.87. The van der Waals surface area contributed by atoms with E-state index < -0.39 is 0 Å². The Hall–Kier alpha value is -0.820. The van der Waals surface area contributed by atoms with Crippen molar-refractivity contribution in [3.63, 3.8) is 0 Å². The molecular formula is C14H19IN2O2. The summed E-state index contributed by atoms with van der Waals surface area (Å²) in [5.74, 6) is 0.620. The van der Waals surface area contributed by atoms with E-state index in [9.17, 15) is 4.79 Å². The van der Waals surface area contributed by atoms with Gasteiger partial charge in [-0.15, -0.1) is 0 Å². The van der Waals surface area contributed by atoms with Gasteiger partial charge in [-0.05, 0) is 59.7 Å². The zero-order chi connectivity index (χ0) is 13.7. The first-order valence-electron chi connectivity index (χ1n) is 6.53. The van der Waals surface area contributed by atoms with E-state index in [1.54, 1.807) is 0 Å². The van der Waals surface area contributed by atoms with E-state index in [1.165, 1.54) is 0 Å². The SMILES string of the molecule is NCC1(NC(=O)COc2ccc(I)cc2)CCCC1. The molecule has 0 aliphatic heterocycles. The van der Waals surface area contributed by atoms with Crippen LogP contribution in [0.25, 0.3) is 0 Å². The first-order chi connectivity index (χ1) is 9.13. The first kappa shape index (κ1) is 14.6. The van der Waals surface area contributed by atoms with Crippen LogP contribution in [0.5, 0.6) is 5.75 Å². The zero-order valence-electron chi connectivity index (χ0n) is 10.8. The monoisotopic (exact) mass is 374 g/mol. The van der Waals surface area contributed by atoms with Crippen molar-refractivity contribution in [1.29, 1.82) is 0 Å². The van der Waals surface area contributed by atoms with Crippen molar-refractivity contribution < 1.29 is 9.53 Å². The smallest absolute Gasteiger partial charge is 0.258 e. The van der Waals surface area contributed by atoms with Crippen molar-refractivity contribution in [2.24, 2.45) is 5.73 Å². The predicted octanol–water partition coefficient (Wildman–Crippen LogP) is 2.06. The minimum atomic E-state index is -0.202. The third-order valence-electron chi connectivity index (χ3n) is 3.54. The number of nitrogens with two attached hydrogens (primary N) is 1. The fourth-order valence-corrected chi connectivity index (χ4v) is 2.80. The number of ether oxygens (including phenoxy) is 1. The number of halogens is 1. The second kappa shape index (κ2) is 6.56. The molecule has 0 aromatic heterocycles. The molecule has 3 N–H and O–H groups in total. The maximum absolute atomic E-state index is 11.9. The average molecular weight is 374 g/mol. The number of carbonyl (C=O) groups is 1. The highest BCUT2D eigenvalue weighted by Crippen LogP contribution is 2.28. The van der Waals surface area contributed by atoms with Gasteiger partial charge in [-0.2, -0.15) is 0 Å². The van der Waals surface area contributed by atoms with Crippen LogP contribution in [-0.4, -0.2) is 24.6 Å². The molecule has 0 radical (unpaired) electrons. The van der Waals surface area contributed by atoms with E-state index in [4.69, 9.17) is 10.5 Å². The van der Waals surface area contributed by atoms with Crippen molar-refractivity contribution in [3.8, 4) is 5.75 Å². The lowest BCUT2D eigenvalue weighted by Crippen LogP contribution is -2.52. The Kier molecular flexibility index (Phi) is 5.04. The molecule has 104 valence electrons. The van der Waals surface area contributed by atoms with Crippen LogP contribution in [0.4, 0.5) is 0 Å². The van der Waals surface area contributed by atoms with E-state index in [0.717, 1.165) is 29.3 Å². The Balaban J connectivity index is 1.82. The van der Waals surface area contributed by atoms with Gasteiger partial charge in [-0.1, -0.05) is 12.8 Å². The molecule has 1 aromatic rings.